The number of nitrogens with one attached hydrogen (secondary N) is 2. The molecule has 0 heterocycles. The van der Waals surface area contributed by atoms with Gasteiger partial charge in [-0.2, -0.15) is 13.2 Å². The van der Waals surface area contributed by atoms with Crippen LogP contribution in [0.5, 0.6) is 5.75 Å². The number of urea groups is 1. The molecule has 0 spiro atoms. The van der Waals surface area contributed by atoms with Crippen LogP contribution in [0.4, 0.5) is 23.7 Å². The molecule has 2 aromatic rings. The zero-order valence-corrected chi connectivity index (χ0v) is 13.9. The maximum atomic E-state index is 12.5. The number of alkyl halides is 3. The number of methoxy groups -OCH3 is 1. The van der Waals surface area contributed by atoms with Gasteiger partial charge in [0, 0.05) is 11.7 Å². The van der Waals surface area contributed by atoms with Crippen LogP contribution < -0.4 is 15.4 Å². The summed E-state index contributed by atoms with van der Waals surface area (Å²) < 4.78 is 42.6. The molecule has 0 saturated heterocycles. The largest absolute Gasteiger partial charge is 0.497 e. The molecule has 0 aliphatic rings. The number of halogens is 3. The van der Waals surface area contributed by atoms with E-state index in [0.29, 0.717) is 23.4 Å². The van der Waals surface area contributed by atoms with E-state index in [1.165, 1.54) is 12.1 Å². The predicted molar refractivity (Wildman–Crippen MR) is 89.8 cm³/mol. The van der Waals surface area contributed by atoms with Crippen LogP contribution in [0.1, 0.15) is 18.1 Å². The summed E-state index contributed by atoms with van der Waals surface area (Å²) in [6, 6.07) is 11.2. The van der Waals surface area contributed by atoms with Crippen molar-refractivity contribution in [1.82, 2.24) is 5.32 Å². The van der Waals surface area contributed by atoms with Gasteiger partial charge >= 0.3 is 12.2 Å². The molecule has 2 amide bonds. The van der Waals surface area contributed by atoms with Crippen LogP contribution in [0.3, 0.4) is 0 Å². The molecule has 0 aliphatic carbocycles. The Hall–Kier alpha value is -2.70. The van der Waals surface area contributed by atoms with Gasteiger partial charge in [0.2, 0.25) is 0 Å². The van der Waals surface area contributed by atoms with Crippen LogP contribution >= 0.6 is 0 Å². The molecule has 0 aliphatic heterocycles. The molecule has 7 heteroatoms. The fourth-order valence-corrected chi connectivity index (χ4v) is 2.30. The average Bonchev–Trinajstić information content (AvgIpc) is 2.55. The molecule has 0 radical (unpaired) electrons. The number of anilines is 1. The van der Waals surface area contributed by atoms with Crippen LogP contribution in [0, 0.1) is 0 Å². The lowest BCUT2D eigenvalue weighted by Crippen LogP contribution is -2.37. The number of carbonyl (C=O) groups is 1. The summed E-state index contributed by atoms with van der Waals surface area (Å²) in [5, 5.41) is 5.43. The van der Waals surface area contributed by atoms with Crippen molar-refractivity contribution in [3.05, 3.63) is 59.7 Å². The monoisotopic (exact) mass is 352 g/mol. The molecule has 2 aromatic carbocycles. The zero-order valence-electron chi connectivity index (χ0n) is 13.9. The molecule has 2 rings (SSSR count). The van der Waals surface area contributed by atoms with Crippen LogP contribution in [0.15, 0.2) is 48.5 Å². The van der Waals surface area contributed by atoms with Crippen molar-refractivity contribution in [2.24, 2.45) is 0 Å². The number of hydrogen-bond acceptors (Lipinski definition) is 2. The first-order chi connectivity index (χ1) is 11.8. The maximum absolute atomic E-state index is 12.5. The molecule has 1 unspecified atom stereocenters. The number of hydrogen-bond donors (Lipinski definition) is 2. The SMILES string of the molecule is COc1ccc(NC(=O)NC(C)Cc2ccc(C(F)(F)F)cc2)cc1. The van der Waals surface area contributed by atoms with Crippen LogP contribution in [-0.4, -0.2) is 19.2 Å². The Bertz CT molecular complexity index is 698. The van der Waals surface area contributed by atoms with Gasteiger partial charge in [-0.1, -0.05) is 12.1 Å². The first-order valence-electron chi connectivity index (χ1n) is 7.65. The molecule has 0 saturated carbocycles. The second-order valence-corrected chi connectivity index (χ2v) is 5.63. The molecule has 0 bridgehead atoms. The number of rotatable bonds is 5. The Morgan fingerprint density at radius 3 is 2.20 bits per heavy atom. The fraction of sp³-hybridized carbons (Fsp3) is 0.278. The smallest absolute Gasteiger partial charge is 0.416 e. The first kappa shape index (κ1) is 18.6. The second kappa shape index (κ2) is 7.92. The van der Waals surface area contributed by atoms with E-state index in [1.807, 2.05) is 0 Å². The van der Waals surface area contributed by atoms with Gasteiger partial charge in [-0.15, -0.1) is 0 Å². The molecule has 0 aromatic heterocycles. The molecular weight excluding hydrogens is 333 g/mol. The van der Waals surface area contributed by atoms with Crippen molar-refractivity contribution in [1.29, 1.82) is 0 Å². The normalized spacial score (nSPS) is 12.4. The van der Waals surface area contributed by atoms with Gasteiger partial charge in [0.05, 0.1) is 12.7 Å². The lowest BCUT2D eigenvalue weighted by atomic mass is 10.1. The third-order valence-corrected chi connectivity index (χ3v) is 3.55. The van der Waals surface area contributed by atoms with Gasteiger partial charge in [0.25, 0.3) is 0 Å². The molecule has 4 nitrogen and oxygen atoms in total. The summed E-state index contributed by atoms with van der Waals surface area (Å²) in [5.41, 5.74) is 0.638. The molecule has 2 N–H and O–H groups in total. The van der Waals surface area contributed by atoms with E-state index in [9.17, 15) is 18.0 Å². The van der Waals surface area contributed by atoms with Gasteiger partial charge in [-0.25, -0.2) is 4.79 Å². The highest BCUT2D eigenvalue weighted by molar-refractivity contribution is 5.89. The molecule has 0 fully saturated rings. The van der Waals surface area contributed by atoms with Gasteiger partial charge in [-0.3, -0.25) is 0 Å². The van der Waals surface area contributed by atoms with E-state index in [0.717, 1.165) is 12.1 Å². The van der Waals surface area contributed by atoms with Crippen molar-refractivity contribution in [2.75, 3.05) is 12.4 Å². The average molecular weight is 352 g/mol. The lowest BCUT2D eigenvalue weighted by Gasteiger charge is -2.15. The number of ether oxygens (including phenoxy) is 1. The zero-order chi connectivity index (χ0) is 18.4. The van der Waals surface area contributed by atoms with Gasteiger partial charge in [0.1, 0.15) is 5.75 Å². The van der Waals surface area contributed by atoms with E-state index in [2.05, 4.69) is 10.6 Å². The number of amides is 2. The lowest BCUT2D eigenvalue weighted by molar-refractivity contribution is -0.137. The Balaban J connectivity index is 1.86. The van der Waals surface area contributed by atoms with Crippen molar-refractivity contribution in [2.45, 2.75) is 25.6 Å². The predicted octanol–water partition coefficient (Wildman–Crippen LogP) is 4.47. The summed E-state index contributed by atoms with van der Waals surface area (Å²) in [6.45, 7) is 1.78. The third kappa shape index (κ3) is 5.70. The van der Waals surface area contributed by atoms with Crippen molar-refractivity contribution < 1.29 is 22.7 Å². The topological polar surface area (TPSA) is 50.4 Å². The second-order valence-electron chi connectivity index (χ2n) is 5.63. The highest BCUT2D eigenvalue weighted by atomic mass is 19.4. The van der Waals surface area contributed by atoms with E-state index < -0.39 is 11.7 Å². The minimum absolute atomic E-state index is 0.241. The standard InChI is InChI=1S/C18H19F3N2O2/c1-12(11-13-3-5-14(6-4-13)18(19,20)21)22-17(24)23-15-7-9-16(25-2)10-8-15/h3-10,12H,11H2,1-2H3,(H2,22,23,24). The van der Waals surface area contributed by atoms with Crippen LogP contribution in [-0.2, 0) is 12.6 Å². The molecule has 1 atom stereocenters. The molecule has 25 heavy (non-hydrogen) atoms. The number of carbonyl (C=O) groups excluding carboxylic acids is 1. The van der Waals surface area contributed by atoms with Crippen molar-refractivity contribution in [3.8, 4) is 5.75 Å². The Morgan fingerprint density at radius 2 is 1.68 bits per heavy atom. The molecular formula is C18H19F3N2O2. The Labute approximate surface area is 144 Å². The van der Waals surface area contributed by atoms with Crippen LogP contribution in [0.2, 0.25) is 0 Å². The van der Waals surface area contributed by atoms with Crippen LogP contribution in [0.25, 0.3) is 0 Å². The minimum Gasteiger partial charge on any atom is -0.497 e. The van der Waals surface area contributed by atoms with Gasteiger partial charge in [-0.05, 0) is 55.3 Å². The summed E-state index contributed by atoms with van der Waals surface area (Å²) in [4.78, 5) is 12.0. The third-order valence-electron chi connectivity index (χ3n) is 3.55. The van der Waals surface area contributed by atoms with E-state index >= 15 is 0 Å². The summed E-state index contributed by atoms with van der Waals surface area (Å²) in [5.74, 6) is 0.682. The quantitative estimate of drug-likeness (QED) is 0.834. The number of benzene rings is 2. The van der Waals surface area contributed by atoms with E-state index in [4.69, 9.17) is 4.74 Å². The van der Waals surface area contributed by atoms with Crippen molar-refractivity contribution >= 4 is 11.7 Å². The first-order valence-corrected chi connectivity index (χ1v) is 7.65. The molecule has 134 valence electrons. The van der Waals surface area contributed by atoms with Gasteiger partial charge in [0.15, 0.2) is 0 Å². The summed E-state index contributed by atoms with van der Waals surface area (Å²) >= 11 is 0. The van der Waals surface area contributed by atoms with Crippen molar-refractivity contribution in [3.63, 3.8) is 0 Å². The van der Waals surface area contributed by atoms with E-state index in [1.54, 1.807) is 38.3 Å². The maximum Gasteiger partial charge on any atom is 0.416 e. The van der Waals surface area contributed by atoms with E-state index in [-0.39, 0.29) is 12.1 Å². The summed E-state index contributed by atoms with van der Waals surface area (Å²) in [7, 11) is 1.55. The minimum atomic E-state index is -4.35. The fourth-order valence-electron chi connectivity index (χ4n) is 2.30. The Kier molecular flexibility index (Phi) is 5.90. The summed E-state index contributed by atoms with van der Waals surface area (Å²) in [6.07, 6.45) is -3.92. The van der Waals surface area contributed by atoms with Gasteiger partial charge < -0.3 is 15.4 Å². The Morgan fingerprint density at radius 1 is 1.08 bits per heavy atom. The highest BCUT2D eigenvalue weighted by Gasteiger charge is 2.29. The highest BCUT2D eigenvalue weighted by Crippen LogP contribution is 2.29.